The first kappa shape index (κ1) is 17.9. The van der Waals surface area contributed by atoms with Crippen LogP contribution in [0.1, 0.15) is 18.0 Å². The fourth-order valence-electron chi connectivity index (χ4n) is 2.68. The molecule has 132 valence electrons. The Morgan fingerprint density at radius 3 is 2.52 bits per heavy atom. The molecule has 1 fully saturated rings. The Bertz CT molecular complexity index is 884. The Labute approximate surface area is 151 Å². The number of halogens is 1. The Morgan fingerprint density at radius 2 is 1.88 bits per heavy atom. The quantitative estimate of drug-likeness (QED) is 0.758. The third-order valence-corrected chi connectivity index (χ3v) is 5.38. The molecular weight excluding hydrogens is 362 g/mol. The summed E-state index contributed by atoms with van der Waals surface area (Å²) >= 11 is 6.00. The van der Waals surface area contributed by atoms with Gasteiger partial charge in [-0.05, 0) is 48.4 Å². The highest BCUT2D eigenvalue weighted by Crippen LogP contribution is 2.25. The van der Waals surface area contributed by atoms with E-state index in [2.05, 4.69) is 16.2 Å². The highest BCUT2D eigenvalue weighted by Gasteiger charge is 2.30. The lowest BCUT2D eigenvalue weighted by Crippen LogP contribution is -2.39. The van der Waals surface area contributed by atoms with Gasteiger partial charge in [-0.1, -0.05) is 23.7 Å². The van der Waals surface area contributed by atoms with Crippen LogP contribution in [-0.2, 0) is 14.6 Å². The van der Waals surface area contributed by atoms with Gasteiger partial charge in [-0.3, -0.25) is 4.79 Å². The van der Waals surface area contributed by atoms with Gasteiger partial charge in [0.15, 0.2) is 9.84 Å². The number of hydrazine groups is 1. The van der Waals surface area contributed by atoms with E-state index in [1.54, 1.807) is 18.2 Å². The third kappa shape index (κ3) is 4.38. The third-order valence-electron chi connectivity index (χ3n) is 4.02. The molecule has 25 heavy (non-hydrogen) atoms. The molecule has 2 aromatic carbocycles. The highest BCUT2D eigenvalue weighted by atomic mass is 35.5. The lowest BCUT2D eigenvalue weighted by molar-refractivity contribution is -0.117. The molecule has 2 atom stereocenters. The fourth-order valence-corrected chi connectivity index (χ4v) is 3.51. The van der Waals surface area contributed by atoms with Crippen LogP contribution >= 0.6 is 11.6 Å². The van der Waals surface area contributed by atoms with Gasteiger partial charge in [-0.2, -0.15) is 0 Å². The van der Waals surface area contributed by atoms with Crippen molar-refractivity contribution in [2.75, 3.05) is 11.6 Å². The maximum atomic E-state index is 12.4. The van der Waals surface area contributed by atoms with E-state index in [1.165, 1.54) is 12.1 Å². The lowest BCUT2D eigenvalue weighted by atomic mass is 10.0. The number of rotatable bonds is 4. The Hall–Kier alpha value is -1.93. The predicted molar refractivity (Wildman–Crippen MR) is 97.1 cm³/mol. The van der Waals surface area contributed by atoms with Gasteiger partial charge in [-0.25, -0.2) is 19.3 Å². The maximum Gasteiger partial charge on any atom is 0.242 e. The van der Waals surface area contributed by atoms with Gasteiger partial charge < -0.3 is 5.32 Å². The van der Waals surface area contributed by atoms with Crippen LogP contribution in [0.4, 0.5) is 5.69 Å². The minimum absolute atomic E-state index is 0.0120. The first-order valence-electron chi connectivity index (χ1n) is 7.70. The summed E-state index contributed by atoms with van der Waals surface area (Å²) < 4.78 is 22.9. The molecule has 3 N–H and O–H groups in total. The van der Waals surface area contributed by atoms with Crippen molar-refractivity contribution in [3.05, 3.63) is 59.1 Å². The summed E-state index contributed by atoms with van der Waals surface area (Å²) in [7, 11) is -3.25. The van der Waals surface area contributed by atoms with E-state index in [-0.39, 0.29) is 16.8 Å². The number of amides is 1. The van der Waals surface area contributed by atoms with Crippen molar-refractivity contribution in [1.29, 1.82) is 0 Å². The summed E-state index contributed by atoms with van der Waals surface area (Å²) in [6.07, 6.45) is 1.72. The topological polar surface area (TPSA) is 87.3 Å². The second-order valence-corrected chi connectivity index (χ2v) is 8.42. The summed E-state index contributed by atoms with van der Waals surface area (Å²) in [5.74, 6) is -0.191. The molecule has 1 aliphatic heterocycles. The van der Waals surface area contributed by atoms with Crippen LogP contribution in [0.25, 0.3) is 0 Å². The minimum atomic E-state index is -3.25. The average Bonchev–Trinajstić information content (AvgIpc) is 3.05. The number of hydrogen-bond acceptors (Lipinski definition) is 5. The van der Waals surface area contributed by atoms with E-state index in [4.69, 9.17) is 11.6 Å². The molecule has 6 nitrogen and oxygen atoms in total. The molecule has 1 saturated heterocycles. The van der Waals surface area contributed by atoms with Crippen LogP contribution in [0.3, 0.4) is 0 Å². The molecule has 2 aromatic rings. The molecule has 0 aromatic heterocycles. The van der Waals surface area contributed by atoms with E-state index < -0.39 is 15.9 Å². The van der Waals surface area contributed by atoms with E-state index in [9.17, 15) is 13.2 Å². The van der Waals surface area contributed by atoms with Crippen LogP contribution in [0, 0.1) is 0 Å². The molecule has 1 heterocycles. The molecule has 0 radical (unpaired) electrons. The zero-order valence-corrected chi connectivity index (χ0v) is 15.1. The number of benzene rings is 2. The number of carbonyl (C=O) groups is 1. The maximum absolute atomic E-state index is 12.4. The van der Waals surface area contributed by atoms with Crippen LogP contribution in [-0.4, -0.2) is 26.6 Å². The SMILES string of the molecule is CS(=O)(=O)c1ccc(NC(=O)C2CC(c3cccc(Cl)c3)NN2)cc1. The van der Waals surface area contributed by atoms with Gasteiger partial charge in [0.25, 0.3) is 0 Å². The van der Waals surface area contributed by atoms with E-state index in [0.717, 1.165) is 11.8 Å². The van der Waals surface area contributed by atoms with Crippen molar-refractivity contribution in [3.63, 3.8) is 0 Å². The van der Waals surface area contributed by atoms with Crippen molar-refractivity contribution < 1.29 is 13.2 Å². The van der Waals surface area contributed by atoms with E-state index in [0.29, 0.717) is 17.1 Å². The van der Waals surface area contributed by atoms with Gasteiger partial charge in [0.1, 0.15) is 6.04 Å². The number of sulfone groups is 1. The molecule has 0 spiro atoms. The summed E-state index contributed by atoms with van der Waals surface area (Å²) in [5, 5.41) is 3.43. The van der Waals surface area contributed by atoms with Gasteiger partial charge in [0.05, 0.1) is 4.90 Å². The van der Waals surface area contributed by atoms with Crippen LogP contribution in [0.2, 0.25) is 5.02 Å². The van der Waals surface area contributed by atoms with Crippen molar-refractivity contribution >= 4 is 33.0 Å². The predicted octanol–water partition coefficient (Wildman–Crippen LogP) is 2.29. The fraction of sp³-hybridized carbons (Fsp3) is 0.235. The second-order valence-electron chi connectivity index (χ2n) is 5.97. The summed E-state index contributed by atoms with van der Waals surface area (Å²) in [6.45, 7) is 0. The van der Waals surface area contributed by atoms with Crippen LogP contribution < -0.4 is 16.2 Å². The molecule has 3 rings (SSSR count). The van der Waals surface area contributed by atoms with Gasteiger partial charge >= 0.3 is 0 Å². The molecule has 8 heteroatoms. The van der Waals surface area contributed by atoms with Crippen molar-refractivity contribution in [2.24, 2.45) is 0 Å². The summed E-state index contributed by atoms with van der Waals surface area (Å²) in [4.78, 5) is 12.6. The molecule has 2 unspecified atom stereocenters. The summed E-state index contributed by atoms with van der Waals surface area (Å²) in [5.41, 5.74) is 7.63. The Kier molecular flexibility index (Phi) is 5.10. The highest BCUT2D eigenvalue weighted by molar-refractivity contribution is 7.90. The largest absolute Gasteiger partial charge is 0.325 e. The van der Waals surface area contributed by atoms with E-state index in [1.807, 2.05) is 18.2 Å². The van der Waals surface area contributed by atoms with Crippen molar-refractivity contribution in [1.82, 2.24) is 10.9 Å². The number of hydrogen-bond donors (Lipinski definition) is 3. The van der Waals surface area contributed by atoms with E-state index >= 15 is 0 Å². The average molecular weight is 380 g/mol. The summed E-state index contributed by atoms with van der Waals surface area (Å²) in [6, 6.07) is 13.2. The second kappa shape index (κ2) is 7.13. The smallest absolute Gasteiger partial charge is 0.242 e. The zero-order valence-electron chi connectivity index (χ0n) is 13.5. The first-order chi connectivity index (χ1) is 11.8. The molecule has 0 bridgehead atoms. The Balaban J connectivity index is 1.63. The molecule has 1 aliphatic rings. The van der Waals surface area contributed by atoms with Crippen molar-refractivity contribution in [3.8, 4) is 0 Å². The lowest BCUT2D eigenvalue weighted by Gasteiger charge is -2.11. The number of nitrogens with one attached hydrogen (secondary N) is 3. The van der Waals surface area contributed by atoms with Gasteiger partial charge in [-0.15, -0.1) is 0 Å². The number of carbonyl (C=O) groups excluding carboxylic acids is 1. The minimum Gasteiger partial charge on any atom is -0.325 e. The normalized spacial score (nSPS) is 20.4. The first-order valence-corrected chi connectivity index (χ1v) is 9.97. The Morgan fingerprint density at radius 1 is 1.16 bits per heavy atom. The number of anilines is 1. The van der Waals surface area contributed by atoms with Crippen molar-refractivity contribution in [2.45, 2.75) is 23.4 Å². The van der Waals surface area contributed by atoms with Crippen LogP contribution in [0.15, 0.2) is 53.4 Å². The zero-order chi connectivity index (χ0) is 18.0. The molecule has 0 saturated carbocycles. The van der Waals surface area contributed by atoms with Gasteiger partial charge in [0, 0.05) is 23.0 Å². The molecule has 0 aliphatic carbocycles. The van der Waals surface area contributed by atoms with Gasteiger partial charge in [0.2, 0.25) is 5.91 Å². The molecular formula is C17H18ClN3O3S. The monoisotopic (exact) mass is 379 g/mol. The standard InChI is InChI=1S/C17H18ClN3O3S/c1-25(23,24)14-7-5-13(6-8-14)19-17(22)16-10-15(20-21-16)11-3-2-4-12(18)9-11/h2-9,15-16,20-21H,10H2,1H3,(H,19,22). The van der Waals surface area contributed by atoms with Crippen LogP contribution in [0.5, 0.6) is 0 Å². The molecule has 1 amide bonds.